The van der Waals surface area contributed by atoms with E-state index in [1.165, 1.54) is 41.2 Å². The van der Waals surface area contributed by atoms with Crippen LogP contribution in [-0.2, 0) is 9.53 Å². The van der Waals surface area contributed by atoms with E-state index in [9.17, 15) is 19.7 Å². The van der Waals surface area contributed by atoms with Crippen LogP contribution in [0.1, 0.15) is 55.2 Å². The molecule has 1 atom stereocenters. The summed E-state index contributed by atoms with van der Waals surface area (Å²) in [6.45, 7) is 6.10. The molecule has 5 aromatic rings. The molecule has 0 amide bonds. The molecule has 6 rings (SSSR count). The Labute approximate surface area is 273 Å². The second-order valence-electron chi connectivity index (χ2n) is 11.1. The molecule has 0 aliphatic carbocycles. The van der Waals surface area contributed by atoms with E-state index in [1.54, 1.807) is 25.1 Å². The first-order valence-corrected chi connectivity index (χ1v) is 15.8. The number of carbonyl (C=O) groups excluding carboxylic acids is 1. The minimum Gasteiger partial charge on any atom is -0.496 e. The fourth-order valence-corrected chi connectivity index (χ4v) is 6.51. The summed E-state index contributed by atoms with van der Waals surface area (Å²) in [6, 6.07) is 24.0. The summed E-state index contributed by atoms with van der Waals surface area (Å²) in [6.07, 6.45) is 1.60. The average Bonchev–Trinajstić information content (AvgIpc) is 3.67. The van der Waals surface area contributed by atoms with Crippen LogP contribution < -0.4 is 19.6 Å². The predicted molar refractivity (Wildman–Crippen MR) is 179 cm³/mol. The van der Waals surface area contributed by atoms with Crippen molar-refractivity contribution >= 4 is 34.8 Å². The van der Waals surface area contributed by atoms with E-state index < -0.39 is 16.9 Å². The monoisotopic (exact) mass is 649 g/mol. The second-order valence-corrected chi connectivity index (χ2v) is 12.1. The van der Waals surface area contributed by atoms with Crippen molar-refractivity contribution in [2.75, 3.05) is 13.7 Å². The highest BCUT2D eigenvalue weighted by molar-refractivity contribution is 7.07. The van der Waals surface area contributed by atoms with Gasteiger partial charge in [-0.25, -0.2) is 9.79 Å². The van der Waals surface area contributed by atoms with Gasteiger partial charge in [0.2, 0.25) is 0 Å². The van der Waals surface area contributed by atoms with Crippen molar-refractivity contribution < 1.29 is 23.6 Å². The molecule has 11 heteroatoms. The normalized spacial score (nSPS) is 14.6. The van der Waals surface area contributed by atoms with Gasteiger partial charge in [0.25, 0.3) is 11.2 Å². The van der Waals surface area contributed by atoms with E-state index in [-0.39, 0.29) is 23.4 Å². The van der Waals surface area contributed by atoms with Crippen LogP contribution in [0.2, 0.25) is 0 Å². The number of nitro groups is 1. The zero-order valence-electron chi connectivity index (χ0n) is 26.1. The molecule has 3 aromatic carbocycles. The molecule has 0 N–H and O–H groups in total. The fraction of sp³-hybridized carbons (Fsp3) is 0.194. The molecule has 238 valence electrons. The van der Waals surface area contributed by atoms with Gasteiger partial charge in [0.15, 0.2) is 4.80 Å². The number of hydrogen-bond donors (Lipinski definition) is 0. The van der Waals surface area contributed by atoms with Crippen LogP contribution in [0, 0.1) is 10.1 Å². The number of thiazole rings is 1. The Morgan fingerprint density at radius 1 is 1.09 bits per heavy atom. The number of aromatic nitrogens is 1. The summed E-state index contributed by atoms with van der Waals surface area (Å²) >= 11 is 1.18. The first-order chi connectivity index (χ1) is 22.7. The lowest BCUT2D eigenvalue weighted by atomic mass is 9.91. The van der Waals surface area contributed by atoms with Crippen molar-refractivity contribution in [3.8, 4) is 17.1 Å². The molecular weight excluding hydrogens is 618 g/mol. The van der Waals surface area contributed by atoms with Crippen LogP contribution in [0.5, 0.6) is 5.75 Å². The Morgan fingerprint density at radius 3 is 2.49 bits per heavy atom. The van der Waals surface area contributed by atoms with Crippen LogP contribution in [0.15, 0.2) is 105 Å². The lowest BCUT2D eigenvalue weighted by molar-refractivity contribution is -0.384. The van der Waals surface area contributed by atoms with Crippen LogP contribution in [-0.4, -0.2) is 29.2 Å². The highest BCUT2D eigenvalue weighted by Gasteiger charge is 2.35. The smallest absolute Gasteiger partial charge is 0.338 e. The van der Waals surface area contributed by atoms with Gasteiger partial charge in [-0.1, -0.05) is 79.8 Å². The zero-order chi connectivity index (χ0) is 33.2. The summed E-state index contributed by atoms with van der Waals surface area (Å²) in [5.41, 5.74) is 3.23. The number of carbonyl (C=O) groups is 1. The van der Waals surface area contributed by atoms with Crippen molar-refractivity contribution in [1.82, 2.24) is 4.57 Å². The molecule has 1 aliphatic heterocycles. The van der Waals surface area contributed by atoms with Gasteiger partial charge >= 0.3 is 5.97 Å². The lowest BCUT2D eigenvalue weighted by Gasteiger charge is -2.26. The number of ether oxygens (including phenoxy) is 2. The molecular formula is C36H31N3O7S. The fourth-order valence-electron chi connectivity index (χ4n) is 5.53. The molecule has 0 saturated carbocycles. The largest absolute Gasteiger partial charge is 0.496 e. The first-order valence-electron chi connectivity index (χ1n) is 15.0. The SMILES string of the molecule is CCOC(=O)C1=C(c2ccccc2)N=c2s/c(=C\c3ccc(-c4cc([N+](=O)[O-])ccc4OC)o3)c(=O)n2C1c1ccc(C(C)C)cc1. The van der Waals surface area contributed by atoms with Crippen molar-refractivity contribution in [3.05, 3.63) is 143 Å². The number of nitrogens with zero attached hydrogens (tertiary/aromatic N) is 3. The number of rotatable bonds is 9. The number of furan rings is 1. The molecule has 3 heterocycles. The Morgan fingerprint density at radius 2 is 1.83 bits per heavy atom. The maximum Gasteiger partial charge on any atom is 0.338 e. The van der Waals surface area contributed by atoms with Crippen LogP contribution in [0.25, 0.3) is 23.1 Å². The minimum atomic E-state index is -0.801. The summed E-state index contributed by atoms with van der Waals surface area (Å²) in [5, 5.41) is 11.4. The first kappa shape index (κ1) is 31.4. The third-order valence-corrected chi connectivity index (χ3v) is 8.83. The van der Waals surface area contributed by atoms with Gasteiger partial charge in [-0.2, -0.15) is 0 Å². The van der Waals surface area contributed by atoms with E-state index in [0.29, 0.717) is 43.8 Å². The molecule has 1 unspecified atom stereocenters. The molecule has 0 fully saturated rings. The maximum atomic E-state index is 14.2. The Balaban J connectivity index is 1.54. The van der Waals surface area contributed by atoms with E-state index in [1.807, 2.05) is 54.6 Å². The van der Waals surface area contributed by atoms with Gasteiger partial charge in [0, 0.05) is 23.8 Å². The predicted octanol–water partition coefficient (Wildman–Crippen LogP) is 6.24. The molecule has 47 heavy (non-hydrogen) atoms. The minimum absolute atomic E-state index is 0.111. The lowest BCUT2D eigenvalue weighted by Crippen LogP contribution is -2.40. The second kappa shape index (κ2) is 13.1. The average molecular weight is 650 g/mol. The zero-order valence-corrected chi connectivity index (χ0v) is 26.9. The maximum absolute atomic E-state index is 14.2. The molecule has 0 saturated heterocycles. The standard InChI is InChI=1S/C36H31N3O7S/c1-5-45-35(41)31-32(23-9-7-6-8-10-23)37-36-38(33(31)24-13-11-22(12-14-24)21(2)3)34(40)30(47-36)20-26-16-18-29(46-26)27-19-25(39(42)43)15-17-28(27)44-4/h6-21,33H,5H2,1-4H3/b30-20-. The molecule has 0 bridgehead atoms. The van der Waals surface area contributed by atoms with Gasteiger partial charge in [0.05, 0.1) is 46.0 Å². The van der Waals surface area contributed by atoms with Crippen molar-refractivity contribution in [2.24, 2.45) is 4.99 Å². The van der Waals surface area contributed by atoms with Gasteiger partial charge in [-0.05, 0) is 42.2 Å². The number of hydrogen-bond acceptors (Lipinski definition) is 9. The highest BCUT2D eigenvalue weighted by atomic mass is 32.1. The molecule has 10 nitrogen and oxygen atoms in total. The number of fused-ring (bicyclic) bond motifs is 1. The van der Waals surface area contributed by atoms with Crippen LogP contribution >= 0.6 is 11.3 Å². The molecule has 1 aliphatic rings. The summed E-state index contributed by atoms with van der Waals surface area (Å²) in [5.74, 6) is 0.836. The van der Waals surface area contributed by atoms with Crippen LogP contribution in [0.4, 0.5) is 5.69 Å². The van der Waals surface area contributed by atoms with E-state index >= 15 is 0 Å². The Hall–Kier alpha value is -5.55. The number of non-ortho nitro benzene ring substituents is 1. The van der Waals surface area contributed by atoms with Gasteiger partial charge in [0.1, 0.15) is 17.3 Å². The summed E-state index contributed by atoms with van der Waals surface area (Å²) < 4.78 is 18.9. The van der Waals surface area contributed by atoms with Crippen molar-refractivity contribution in [2.45, 2.75) is 32.7 Å². The Kier molecular flexibility index (Phi) is 8.73. The summed E-state index contributed by atoms with van der Waals surface area (Å²) in [7, 11) is 1.47. The van der Waals surface area contributed by atoms with Gasteiger partial charge in [-0.15, -0.1) is 0 Å². The quantitative estimate of drug-likeness (QED) is 0.105. The van der Waals surface area contributed by atoms with Crippen molar-refractivity contribution in [3.63, 3.8) is 0 Å². The molecule has 0 spiro atoms. The van der Waals surface area contributed by atoms with Gasteiger partial charge < -0.3 is 13.9 Å². The van der Waals surface area contributed by atoms with Crippen LogP contribution in [0.3, 0.4) is 0 Å². The third kappa shape index (κ3) is 6.05. The Bertz CT molecular complexity index is 2190. The topological polar surface area (TPSA) is 126 Å². The highest BCUT2D eigenvalue weighted by Crippen LogP contribution is 2.36. The number of esters is 1. The van der Waals surface area contributed by atoms with Gasteiger partial charge in [-0.3, -0.25) is 19.5 Å². The summed E-state index contributed by atoms with van der Waals surface area (Å²) in [4.78, 5) is 44.1. The van der Waals surface area contributed by atoms with E-state index in [2.05, 4.69) is 13.8 Å². The van der Waals surface area contributed by atoms with E-state index in [0.717, 1.165) is 16.7 Å². The number of methoxy groups -OCH3 is 1. The van der Waals surface area contributed by atoms with E-state index in [4.69, 9.17) is 18.9 Å². The number of nitro benzene ring substituents is 1. The molecule has 2 aromatic heterocycles. The number of benzene rings is 3. The van der Waals surface area contributed by atoms with Crippen molar-refractivity contribution in [1.29, 1.82) is 0 Å². The third-order valence-electron chi connectivity index (χ3n) is 7.85. The molecule has 0 radical (unpaired) electrons.